The van der Waals surface area contributed by atoms with E-state index in [1.54, 1.807) is 17.7 Å². The number of nitrogens with one attached hydrogen (secondary N) is 1. The molecule has 112 valence electrons. The van der Waals surface area contributed by atoms with Crippen molar-refractivity contribution in [2.24, 2.45) is 0 Å². The Morgan fingerprint density at radius 1 is 1.43 bits per heavy atom. The highest BCUT2D eigenvalue weighted by molar-refractivity contribution is 8.00. The number of piperazine rings is 1. The van der Waals surface area contributed by atoms with Crippen molar-refractivity contribution < 1.29 is 4.79 Å². The minimum Gasteiger partial charge on any atom is -0.339 e. The normalized spacial score (nSPS) is 15.6. The molecule has 0 unspecified atom stereocenters. The summed E-state index contributed by atoms with van der Waals surface area (Å²) in [6.07, 6.45) is 2.60. The van der Waals surface area contributed by atoms with Crippen LogP contribution in [0.2, 0.25) is 0 Å². The molecule has 0 aliphatic carbocycles. The molecule has 3 heterocycles. The largest absolute Gasteiger partial charge is 0.339 e. The first kappa shape index (κ1) is 14.7. The van der Waals surface area contributed by atoms with Crippen LogP contribution in [0.3, 0.4) is 0 Å². The van der Waals surface area contributed by atoms with Crippen LogP contribution in [0, 0.1) is 0 Å². The van der Waals surface area contributed by atoms with Crippen LogP contribution >= 0.6 is 23.1 Å². The molecule has 7 heteroatoms. The summed E-state index contributed by atoms with van der Waals surface area (Å²) < 4.78 is 0. The smallest absolute Gasteiger partial charge is 0.233 e. The Balaban J connectivity index is 1.69. The van der Waals surface area contributed by atoms with Gasteiger partial charge in [-0.25, -0.2) is 9.97 Å². The Bertz CT molecular complexity index is 637. The summed E-state index contributed by atoms with van der Waals surface area (Å²) in [5.41, 5.74) is 0. The number of carbonyl (C=O) groups excluding carboxylic acids is 1. The highest BCUT2D eigenvalue weighted by atomic mass is 32.2. The van der Waals surface area contributed by atoms with E-state index in [2.05, 4.69) is 28.3 Å². The second kappa shape index (κ2) is 6.72. The van der Waals surface area contributed by atoms with E-state index in [0.717, 1.165) is 47.8 Å². The van der Waals surface area contributed by atoms with Crippen molar-refractivity contribution in [3.8, 4) is 0 Å². The van der Waals surface area contributed by atoms with Crippen molar-refractivity contribution in [1.29, 1.82) is 0 Å². The number of carbonyl (C=O) groups is 1. The molecule has 1 amide bonds. The summed E-state index contributed by atoms with van der Waals surface area (Å²) >= 11 is 3.23. The van der Waals surface area contributed by atoms with Gasteiger partial charge in [-0.3, -0.25) is 4.79 Å². The number of thioether (sulfide) groups is 1. The number of amides is 1. The molecule has 21 heavy (non-hydrogen) atoms. The zero-order valence-electron chi connectivity index (χ0n) is 12.0. The van der Waals surface area contributed by atoms with Gasteiger partial charge >= 0.3 is 0 Å². The number of hydrogen-bond acceptors (Lipinski definition) is 6. The molecule has 0 radical (unpaired) electrons. The lowest BCUT2D eigenvalue weighted by Gasteiger charge is -2.27. The Labute approximate surface area is 132 Å². The molecular weight excluding hydrogens is 304 g/mol. The van der Waals surface area contributed by atoms with E-state index >= 15 is 0 Å². The molecule has 1 fully saturated rings. The summed E-state index contributed by atoms with van der Waals surface area (Å²) in [5.74, 6) is 0.642. The van der Waals surface area contributed by atoms with Crippen LogP contribution in [-0.4, -0.2) is 52.7 Å². The van der Waals surface area contributed by atoms with Gasteiger partial charge in [-0.05, 0) is 12.5 Å². The van der Waals surface area contributed by atoms with Gasteiger partial charge < -0.3 is 10.2 Å². The van der Waals surface area contributed by atoms with Gasteiger partial charge in [0.25, 0.3) is 0 Å². The monoisotopic (exact) mass is 322 g/mol. The second-order valence-corrected chi connectivity index (χ2v) is 6.96. The fourth-order valence-electron chi connectivity index (χ4n) is 2.31. The van der Waals surface area contributed by atoms with Gasteiger partial charge in [-0.1, -0.05) is 18.7 Å². The average molecular weight is 322 g/mol. The van der Waals surface area contributed by atoms with Crippen molar-refractivity contribution in [3.63, 3.8) is 0 Å². The van der Waals surface area contributed by atoms with Gasteiger partial charge in [0.1, 0.15) is 16.2 Å². The van der Waals surface area contributed by atoms with E-state index in [1.807, 2.05) is 4.90 Å². The number of rotatable bonds is 4. The third-order valence-electron chi connectivity index (χ3n) is 3.49. The zero-order valence-corrected chi connectivity index (χ0v) is 13.6. The summed E-state index contributed by atoms with van der Waals surface area (Å²) in [4.78, 5) is 25.1. The van der Waals surface area contributed by atoms with E-state index in [0.29, 0.717) is 5.75 Å². The number of nitrogens with zero attached hydrogens (tertiary/aromatic N) is 3. The standard InChI is InChI=1S/C14H18N4OS2/c1-2-10-7-11-13(16-9-17-14(11)21-10)20-8-12(19)18-5-3-15-4-6-18/h7,9,15H,2-6,8H2,1H3. The fraction of sp³-hybridized carbons (Fsp3) is 0.500. The Morgan fingerprint density at radius 3 is 3.00 bits per heavy atom. The summed E-state index contributed by atoms with van der Waals surface area (Å²) in [6, 6.07) is 2.15. The molecule has 0 bridgehead atoms. The van der Waals surface area contributed by atoms with E-state index in [-0.39, 0.29) is 5.91 Å². The number of aromatic nitrogens is 2. The molecule has 0 atom stereocenters. The molecule has 0 spiro atoms. The number of hydrogen-bond donors (Lipinski definition) is 1. The SMILES string of the molecule is CCc1cc2c(SCC(=O)N3CCNCC3)ncnc2s1. The fourth-order valence-corrected chi connectivity index (χ4v) is 4.18. The van der Waals surface area contributed by atoms with Crippen LogP contribution in [0.25, 0.3) is 10.2 Å². The molecule has 1 aliphatic rings. The summed E-state index contributed by atoms with van der Waals surface area (Å²) in [7, 11) is 0. The van der Waals surface area contributed by atoms with E-state index < -0.39 is 0 Å². The first-order chi connectivity index (χ1) is 10.3. The minimum atomic E-state index is 0.194. The van der Waals surface area contributed by atoms with Crippen LogP contribution in [0.15, 0.2) is 17.4 Å². The van der Waals surface area contributed by atoms with Crippen molar-refractivity contribution in [2.75, 3.05) is 31.9 Å². The lowest BCUT2D eigenvalue weighted by molar-refractivity contribution is -0.128. The van der Waals surface area contributed by atoms with Crippen LogP contribution in [-0.2, 0) is 11.2 Å². The number of aryl methyl sites for hydroxylation is 1. The molecule has 5 nitrogen and oxygen atoms in total. The first-order valence-electron chi connectivity index (χ1n) is 7.12. The second-order valence-electron chi connectivity index (χ2n) is 4.88. The molecule has 1 saturated heterocycles. The molecule has 1 aliphatic heterocycles. The Hall–Kier alpha value is -1.18. The highest BCUT2D eigenvalue weighted by Crippen LogP contribution is 2.31. The van der Waals surface area contributed by atoms with Gasteiger partial charge in [-0.15, -0.1) is 11.3 Å². The lowest BCUT2D eigenvalue weighted by atomic mass is 10.3. The van der Waals surface area contributed by atoms with Crippen LogP contribution < -0.4 is 5.32 Å². The van der Waals surface area contributed by atoms with Crippen molar-refractivity contribution in [2.45, 2.75) is 18.4 Å². The van der Waals surface area contributed by atoms with Crippen molar-refractivity contribution in [3.05, 3.63) is 17.3 Å². The third kappa shape index (κ3) is 3.36. The molecule has 2 aromatic rings. The maximum absolute atomic E-state index is 12.2. The zero-order chi connectivity index (χ0) is 14.7. The van der Waals surface area contributed by atoms with E-state index in [1.165, 1.54) is 16.6 Å². The van der Waals surface area contributed by atoms with Gasteiger partial charge in [0.05, 0.1) is 5.75 Å². The number of fused-ring (bicyclic) bond motifs is 1. The summed E-state index contributed by atoms with van der Waals surface area (Å²) in [6.45, 7) is 5.52. The topological polar surface area (TPSA) is 58.1 Å². The van der Waals surface area contributed by atoms with Gasteiger partial charge in [-0.2, -0.15) is 0 Å². The predicted molar refractivity (Wildman–Crippen MR) is 87.0 cm³/mol. The van der Waals surface area contributed by atoms with E-state index in [9.17, 15) is 4.79 Å². The van der Waals surface area contributed by atoms with Crippen LogP contribution in [0.4, 0.5) is 0 Å². The third-order valence-corrected chi connectivity index (χ3v) is 5.67. The van der Waals surface area contributed by atoms with Gasteiger partial charge in [0.15, 0.2) is 0 Å². The maximum Gasteiger partial charge on any atom is 0.233 e. The molecular formula is C14H18N4OS2. The van der Waals surface area contributed by atoms with Crippen LogP contribution in [0.1, 0.15) is 11.8 Å². The quantitative estimate of drug-likeness (QED) is 0.687. The average Bonchev–Trinajstić information content (AvgIpc) is 2.97. The van der Waals surface area contributed by atoms with Gasteiger partial charge in [0.2, 0.25) is 5.91 Å². The number of thiophene rings is 1. The Kier molecular flexibility index (Phi) is 4.72. The van der Waals surface area contributed by atoms with Crippen molar-refractivity contribution in [1.82, 2.24) is 20.2 Å². The maximum atomic E-state index is 12.2. The molecule has 0 saturated carbocycles. The summed E-state index contributed by atoms with van der Waals surface area (Å²) in [5, 5.41) is 5.25. The Morgan fingerprint density at radius 2 is 2.24 bits per heavy atom. The molecule has 0 aromatic carbocycles. The predicted octanol–water partition coefficient (Wildman–Crippen LogP) is 1.78. The van der Waals surface area contributed by atoms with Crippen LogP contribution in [0.5, 0.6) is 0 Å². The van der Waals surface area contributed by atoms with E-state index in [4.69, 9.17) is 0 Å². The molecule has 1 N–H and O–H groups in total. The minimum absolute atomic E-state index is 0.194. The van der Waals surface area contributed by atoms with Gasteiger partial charge in [0, 0.05) is 36.4 Å². The molecule has 2 aromatic heterocycles. The highest BCUT2D eigenvalue weighted by Gasteiger charge is 2.17. The van der Waals surface area contributed by atoms with Crippen molar-refractivity contribution >= 4 is 39.2 Å². The first-order valence-corrected chi connectivity index (χ1v) is 8.93. The molecule has 3 rings (SSSR count). The lowest BCUT2D eigenvalue weighted by Crippen LogP contribution is -2.47.